The first kappa shape index (κ1) is 14.0. The molecule has 24 heavy (non-hydrogen) atoms. The number of Topliss-reactive ketones (excluding diaryl/α,β-unsaturated/α-hetero) is 1. The van der Waals surface area contributed by atoms with Gasteiger partial charge in [-0.2, -0.15) is 0 Å². The van der Waals surface area contributed by atoms with E-state index in [0.29, 0.717) is 11.4 Å². The zero-order valence-electron chi connectivity index (χ0n) is 12.7. The molecule has 3 fully saturated rings. The second kappa shape index (κ2) is 4.83. The molecule has 4 aliphatic rings. The number of hydrogen-bond donors (Lipinski definition) is 0. The molecule has 5 nitrogen and oxygen atoms in total. The van der Waals surface area contributed by atoms with E-state index in [2.05, 4.69) is 0 Å². The van der Waals surface area contributed by atoms with Gasteiger partial charge in [0.1, 0.15) is 6.04 Å². The summed E-state index contributed by atoms with van der Waals surface area (Å²) < 4.78 is 0. The second-order valence-electron chi connectivity index (χ2n) is 6.39. The van der Waals surface area contributed by atoms with E-state index in [1.54, 1.807) is 24.3 Å². The molecular weight excluding hydrogens is 324 g/mol. The Hall–Kier alpha value is -2.34. The van der Waals surface area contributed by atoms with Crippen molar-refractivity contribution in [2.24, 2.45) is 11.8 Å². The number of thioether (sulfide) groups is 1. The van der Waals surface area contributed by atoms with Crippen molar-refractivity contribution in [3.8, 4) is 0 Å². The fraction of sp³-hybridized carbons (Fsp3) is 0.278. The topological polar surface area (TPSA) is 57.7 Å². The van der Waals surface area contributed by atoms with Gasteiger partial charge >= 0.3 is 0 Å². The van der Waals surface area contributed by atoms with Gasteiger partial charge in [0.25, 0.3) is 0 Å². The summed E-state index contributed by atoms with van der Waals surface area (Å²) in [6, 6.07) is 8.26. The maximum atomic E-state index is 13.1. The van der Waals surface area contributed by atoms with Crippen LogP contribution in [0.2, 0.25) is 0 Å². The number of hydrogen-bond acceptors (Lipinski definition) is 5. The molecule has 2 amide bonds. The molecule has 4 heterocycles. The summed E-state index contributed by atoms with van der Waals surface area (Å²) in [5.41, 5.74) is 0.585. The molecule has 5 rings (SSSR count). The predicted octanol–water partition coefficient (Wildman–Crippen LogP) is 1.57. The lowest BCUT2D eigenvalue weighted by atomic mass is 9.88. The van der Waals surface area contributed by atoms with E-state index >= 15 is 0 Å². The Labute approximate surface area is 143 Å². The average molecular weight is 338 g/mol. The van der Waals surface area contributed by atoms with Crippen LogP contribution in [0.3, 0.4) is 0 Å². The lowest BCUT2D eigenvalue weighted by molar-refractivity contribution is -0.128. The summed E-state index contributed by atoms with van der Waals surface area (Å²) in [7, 11) is 0. The molecule has 6 heteroatoms. The van der Waals surface area contributed by atoms with Crippen LogP contribution in [-0.2, 0) is 14.4 Å². The minimum atomic E-state index is -0.581. The predicted molar refractivity (Wildman–Crippen MR) is 90.0 cm³/mol. The van der Waals surface area contributed by atoms with Gasteiger partial charge in [0, 0.05) is 0 Å². The summed E-state index contributed by atoms with van der Waals surface area (Å²) >= 11 is 1.49. The molecule has 4 aliphatic heterocycles. The van der Waals surface area contributed by atoms with Crippen LogP contribution in [0.4, 0.5) is 5.69 Å². The lowest BCUT2D eigenvalue weighted by Gasteiger charge is -2.39. The van der Waals surface area contributed by atoms with Crippen molar-refractivity contribution in [2.45, 2.75) is 12.1 Å². The second-order valence-corrected chi connectivity index (χ2v) is 7.38. The van der Waals surface area contributed by atoms with Gasteiger partial charge < -0.3 is 4.90 Å². The highest BCUT2D eigenvalue weighted by Gasteiger charge is 2.65. The van der Waals surface area contributed by atoms with E-state index in [1.807, 2.05) is 29.2 Å². The Kier molecular flexibility index (Phi) is 2.83. The van der Waals surface area contributed by atoms with Gasteiger partial charge in [-0.1, -0.05) is 30.4 Å². The monoisotopic (exact) mass is 338 g/mol. The Morgan fingerprint density at radius 3 is 2.54 bits per heavy atom. The van der Waals surface area contributed by atoms with Gasteiger partial charge in [-0.15, -0.1) is 11.8 Å². The number of nitrogens with zero attached hydrogens (tertiary/aromatic N) is 2. The largest absolute Gasteiger partial charge is 0.348 e. The Morgan fingerprint density at radius 2 is 1.75 bits per heavy atom. The molecule has 0 aliphatic carbocycles. The molecule has 120 valence electrons. The van der Waals surface area contributed by atoms with Gasteiger partial charge in [-0.25, -0.2) is 4.90 Å². The highest BCUT2D eigenvalue weighted by Crippen LogP contribution is 2.51. The molecule has 3 saturated heterocycles. The molecule has 4 unspecified atom stereocenters. The third-order valence-electron chi connectivity index (χ3n) is 5.24. The summed E-state index contributed by atoms with van der Waals surface area (Å²) in [5.74, 6) is -1.10. The van der Waals surface area contributed by atoms with Crippen LogP contribution in [-0.4, -0.2) is 40.3 Å². The fourth-order valence-electron chi connectivity index (χ4n) is 4.31. The van der Waals surface area contributed by atoms with Crippen LogP contribution in [0.25, 0.3) is 0 Å². The number of amides is 2. The molecule has 0 bridgehead atoms. The molecule has 1 aromatic carbocycles. The van der Waals surface area contributed by atoms with E-state index < -0.39 is 17.9 Å². The van der Waals surface area contributed by atoms with Gasteiger partial charge in [-0.3, -0.25) is 14.4 Å². The zero-order valence-corrected chi connectivity index (χ0v) is 13.5. The molecule has 0 saturated carbocycles. The average Bonchev–Trinajstić information content (AvgIpc) is 3.08. The van der Waals surface area contributed by atoms with Crippen molar-refractivity contribution in [1.29, 1.82) is 0 Å². The molecular formula is C18H14N2O3S. The smallest absolute Gasteiger partial charge is 0.240 e. The van der Waals surface area contributed by atoms with Crippen molar-refractivity contribution in [1.82, 2.24) is 4.90 Å². The van der Waals surface area contributed by atoms with E-state index in [9.17, 15) is 14.4 Å². The van der Waals surface area contributed by atoms with Gasteiger partial charge in [0.2, 0.25) is 11.8 Å². The summed E-state index contributed by atoms with van der Waals surface area (Å²) in [4.78, 5) is 41.9. The number of imide groups is 1. The Balaban J connectivity index is 1.62. The minimum Gasteiger partial charge on any atom is -0.348 e. The van der Waals surface area contributed by atoms with Crippen molar-refractivity contribution in [3.63, 3.8) is 0 Å². The van der Waals surface area contributed by atoms with Crippen LogP contribution in [0.15, 0.2) is 53.6 Å². The first-order valence-electron chi connectivity index (χ1n) is 7.93. The Bertz CT molecular complexity index is 832. The van der Waals surface area contributed by atoms with E-state index in [0.717, 1.165) is 5.03 Å². The standard InChI is InChI=1S/C18H14N2O3S/c21-12-9-24-13-8-4-7-11-14-15(16(12)20(11)13)18(23)19(17(14)22)10-5-2-1-3-6-10/h1-8,11,14-16H,9H2. The number of fused-ring (bicyclic) bond motifs is 3. The van der Waals surface area contributed by atoms with E-state index in [4.69, 9.17) is 0 Å². The third kappa shape index (κ3) is 1.64. The number of carbonyl (C=O) groups is 3. The number of ketones is 1. The molecule has 0 radical (unpaired) electrons. The Morgan fingerprint density at radius 1 is 1.00 bits per heavy atom. The number of allylic oxidation sites excluding steroid dienone is 2. The molecule has 1 aromatic rings. The fourth-order valence-corrected chi connectivity index (χ4v) is 5.33. The van der Waals surface area contributed by atoms with Gasteiger partial charge in [-0.05, 0) is 18.2 Å². The SMILES string of the molecule is O=C1CSC2=CC=CC3C4C(=O)N(c5ccccc5)C(=O)C4C1N23. The van der Waals surface area contributed by atoms with Crippen molar-refractivity contribution >= 4 is 35.0 Å². The lowest BCUT2D eigenvalue weighted by Crippen LogP contribution is -2.50. The quantitative estimate of drug-likeness (QED) is 0.728. The van der Waals surface area contributed by atoms with Gasteiger partial charge in [0.05, 0.1) is 34.3 Å². The first-order chi connectivity index (χ1) is 11.7. The maximum Gasteiger partial charge on any atom is 0.240 e. The highest BCUT2D eigenvalue weighted by atomic mass is 32.2. The van der Waals surface area contributed by atoms with Crippen LogP contribution in [0.1, 0.15) is 0 Å². The van der Waals surface area contributed by atoms with E-state index in [1.165, 1.54) is 16.7 Å². The number of benzene rings is 1. The van der Waals surface area contributed by atoms with Crippen molar-refractivity contribution in [3.05, 3.63) is 53.6 Å². The highest BCUT2D eigenvalue weighted by molar-refractivity contribution is 8.03. The zero-order chi connectivity index (χ0) is 16.4. The first-order valence-corrected chi connectivity index (χ1v) is 8.92. The number of rotatable bonds is 1. The van der Waals surface area contributed by atoms with Crippen LogP contribution in [0.5, 0.6) is 0 Å². The van der Waals surface area contributed by atoms with Crippen molar-refractivity contribution < 1.29 is 14.4 Å². The van der Waals surface area contributed by atoms with Crippen LogP contribution in [0, 0.1) is 11.8 Å². The summed E-state index contributed by atoms with van der Waals surface area (Å²) in [6.45, 7) is 0. The molecule has 4 atom stereocenters. The number of carbonyl (C=O) groups excluding carboxylic acids is 3. The number of para-hydroxylation sites is 1. The van der Waals surface area contributed by atoms with Gasteiger partial charge in [0.15, 0.2) is 5.78 Å². The third-order valence-corrected chi connectivity index (χ3v) is 6.31. The summed E-state index contributed by atoms with van der Waals surface area (Å²) in [6.07, 6.45) is 5.84. The maximum absolute atomic E-state index is 13.1. The van der Waals surface area contributed by atoms with Crippen LogP contribution >= 0.6 is 11.8 Å². The minimum absolute atomic E-state index is 0.0426. The normalized spacial score (nSPS) is 33.7. The summed E-state index contributed by atoms with van der Waals surface area (Å²) in [5, 5.41) is 0.994. The van der Waals surface area contributed by atoms with Crippen LogP contribution < -0.4 is 4.90 Å². The molecule has 0 aromatic heterocycles. The van der Waals surface area contributed by atoms with Crippen molar-refractivity contribution in [2.75, 3.05) is 10.7 Å². The van der Waals surface area contributed by atoms with E-state index in [-0.39, 0.29) is 23.6 Å². The molecule has 0 N–H and O–H groups in total. The molecule has 0 spiro atoms. The number of anilines is 1.